The minimum Gasteiger partial charge on any atom is -0.256 e. The highest BCUT2D eigenvalue weighted by Gasteiger charge is 2.15. The third-order valence-corrected chi connectivity index (χ3v) is 3.62. The highest BCUT2D eigenvalue weighted by Crippen LogP contribution is 2.30. The molecule has 0 aliphatic carbocycles. The van der Waals surface area contributed by atoms with Crippen LogP contribution in [0.15, 0.2) is 41.4 Å². The number of primary sulfonamides is 1. The quantitative estimate of drug-likeness (QED) is 0.690. The van der Waals surface area contributed by atoms with Gasteiger partial charge < -0.3 is 0 Å². The Bertz CT molecular complexity index is 760. The summed E-state index contributed by atoms with van der Waals surface area (Å²) in [5.41, 5.74) is 0.648. The van der Waals surface area contributed by atoms with Crippen molar-refractivity contribution in [2.24, 2.45) is 5.14 Å². The standard InChI is InChI=1S/C11H8N2O2S/c12-16(14,15)10-3-1-2-8-7-4-5-9(11(8)10)13-6-7/h1-6H,(H2,12,14,15). The number of nitrogens with zero attached hydrogens (tertiary/aromatic N) is 1. The van der Waals surface area contributed by atoms with E-state index < -0.39 is 10.0 Å². The minimum atomic E-state index is -3.71. The SMILES string of the molecule is NS(=O)(=O)c1cccc2c3ccc(nc3)c12. The van der Waals surface area contributed by atoms with Crippen LogP contribution in [0.5, 0.6) is 0 Å². The van der Waals surface area contributed by atoms with Crippen LogP contribution in [0.3, 0.4) is 0 Å². The summed E-state index contributed by atoms with van der Waals surface area (Å²) in [4.78, 5) is 4.30. The molecule has 0 fully saturated rings. The molecule has 4 aromatic rings. The lowest BCUT2D eigenvalue weighted by Gasteiger charge is -2.09. The van der Waals surface area contributed by atoms with Crippen molar-refractivity contribution in [1.29, 1.82) is 0 Å². The maximum Gasteiger partial charge on any atom is 0.238 e. The summed E-state index contributed by atoms with van der Waals surface area (Å²) in [6.07, 6.45) is 1.73. The number of hydrogen-bond acceptors (Lipinski definition) is 3. The zero-order valence-corrected chi connectivity index (χ0v) is 9.03. The van der Waals surface area contributed by atoms with Crippen molar-refractivity contribution in [3.05, 3.63) is 36.5 Å². The van der Waals surface area contributed by atoms with Crippen LogP contribution in [-0.2, 0) is 10.0 Å². The first-order valence-electron chi connectivity index (χ1n) is 4.70. The second kappa shape index (κ2) is 2.90. The van der Waals surface area contributed by atoms with Gasteiger partial charge in [-0.1, -0.05) is 18.2 Å². The van der Waals surface area contributed by atoms with Gasteiger partial charge in [0.25, 0.3) is 0 Å². The predicted molar refractivity (Wildman–Crippen MR) is 61.8 cm³/mol. The van der Waals surface area contributed by atoms with Gasteiger partial charge in [-0.25, -0.2) is 13.6 Å². The second-order valence-corrected chi connectivity index (χ2v) is 5.19. The van der Waals surface area contributed by atoms with Gasteiger partial charge in [0.05, 0.1) is 10.4 Å². The van der Waals surface area contributed by atoms with Crippen LogP contribution in [-0.4, -0.2) is 13.4 Å². The molecule has 0 saturated carbocycles. The first-order chi connectivity index (χ1) is 7.57. The molecule has 5 heteroatoms. The largest absolute Gasteiger partial charge is 0.256 e. The molecule has 0 aliphatic heterocycles. The van der Waals surface area contributed by atoms with Crippen LogP contribution in [0, 0.1) is 0 Å². The smallest absolute Gasteiger partial charge is 0.238 e. The van der Waals surface area contributed by atoms with Crippen LogP contribution in [0.25, 0.3) is 21.7 Å². The molecule has 0 radical (unpaired) electrons. The Hall–Kier alpha value is -1.72. The molecule has 0 aliphatic rings. The molecule has 2 N–H and O–H groups in total. The average molecular weight is 232 g/mol. The van der Waals surface area contributed by atoms with Gasteiger partial charge in [-0.05, 0) is 17.5 Å². The van der Waals surface area contributed by atoms with E-state index in [1.807, 2.05) is 12.1 Å². The molecule has 0 saturated heterocycles. The normalized spacial score (nSPS) is 12.6. The number of sulfonamides is 1. The molecule has 0 unspecified atom stereocenters. The Labute approximate surface area is 92.1 Å². The van der Waals surface area contributed by atoms with Crippen LogP contribution in [0.2, 0.25) is 0 Å². The van der Waals surface area contributed by atoms with Gasteiger partial charge in [0, 0.05) is 17.0 Å². The van der Waals surface area contributed by atoms with E-state index in [9.17, 15) is 8.42 Å². The molecule has 4 nitrogen and oxygen atoms in total. The van der Waals surface area contributed by atoms with E-state index in [0.29, 0.717) is 10.9 Å². The third-order valence-electron chi connectivity index (χ3n) is 2.66. The molecule has 2 aromatic heterocycles. The highest BCUT2D eigenvalue weighted by molar-refractivity contribution is 7.89. The fourth-order valence-corrected chi connectivity index (χ4v) is 2.74. The number of fused-ring (bicyclic) bond motifs is 2. The van der Waals surface area contributed by atoms with Gasteiger partial charge in [0.1, 0.15) is 0 Å². The number of benzene rings is 2. The summed E-state index contributed by atoms with van der Waals surface area (Å²) in [6.45, 7) is 0. The zero-order valence-electron chi connectivity index (χ0n) is 8.21. The fraction of sp³-hybridized carbons (Fsp3) is 0. The van der Waals surface area contributed by atoms with Crippen LogP contribution in [0.4, 0.5) is 0 Å². The number of nitrogens with two attached hydrogens (primary N) is 1. The van der Waals surface area contributed by atoms with Crippen LogP contribution in [0.1, 0.15) is 0 Å². The highest BCUT2D eigenvalue weighted by atomic mass is 32.2. The number of hydrogen-bond donors (Lipinski definition) is 1. The molecule has 4 rings (SSSR count). The first kappa shape index (κ1) is 9.50. The Morgan fingerprint density at radius 1 is 1.12 bits per heavy atom. The van der Waals surface area contributed by atoms with Gasteiger partial charge in [-0.3, -0.25) is 4.98 Å². The molecule has 2 bridgehead atoms. The lowest BCUT2D eigenvalue weighted by atomic mass is 10.1. The van der Waals surface area contributed by atoms with Gasteiger partial charge in [-0.15, -0.1) is 0 Å². The predicted octanol–water partition coefficient (Wildman–Crippen LogP) is 1.47. The van der Waals surface area contributed by atoms with E-state index in [1.54, 1.807) is 18.3 Å². The Kier molecular flexibility index (Phi) is 1.72. The van der Waals surface area contributed by atoms with E-state index in [2.05, 4.69) is 4.98 Å². The zero-order chi connectivity index (χ0) is 11.3. The van der Waals surface area contributed by atoms with E-state index in [0.717, 1.165) is 10.8 Å². The molecule has 80 valence electrons. The molecule has 2 aromatic carbocycles. The van der Waals surface area contributed by atoms with Crippen molar-refractivity contribution in [2.45, 2.75) is 4.90 Å². The van der Waals surface area contributed by atoms with Crippen molar-refractivity contribution in [2.75, 3.05) is 0 Å². The van der Waals surface area contributed by atoms with Crippen molar-refractivity contribution in [1.82, 2.24) is 4.98 Å². The molecular weight excluding hydrogens is 224 g/mol. The maximum absolute atomic E-state index is 11.5. The maximum atomic E-state index is 11.5. The van der Waals surface area contributed by atoms with E-state index >= 15 is 0 Å². The third kappa shape index (κ3) is 1.19. The monoisotopic (exact) mass is 232 g/mol. The van der Waals surface area contributed by atoms with Crippen LogP contribution >= 0.6 is 0 Å². The van der Waals surface area contributed by atoms with Crippen LogP contribution < -0.4 is 5.14 Å². The van der Waals surface area contributed by atoms with E-state index in [-0.39, 0.29) is 4.90 Å². The molecular formula is C11H8N2O2S. The first-order valence-corrected chi connectivity index (χ1v) is 6.24. The minimum absolute atomic E-state index is 0.138. The van der Waals surface area contributed by atoms with Crippen molar-refractivity contribution in [3.8, 4) is 0 Å². The molecule has 0 atom stereocenters. The lowest BCUT2D eigenvalue weighted by molar-refractivity contribution is 0.598. The number of rotatable bonds is 1. The Balaban J connectivity index is 2.64. The lowest BCUT2D eigenvalue weighted by Crippen LogP contribution is -2.12. The number of pyridine rings is 2. The summed E-state index contributed by atoms with van der Waals surface area (Å²) >= 11 is 0. The van der Waals surface area contributed by atoms with Gasteiger partial charge in [0.15, 0.2) is 0 Å². The average Bonchev–Trinajstić information content (AvgIpc) is 2.29. The topological polar surface area (TPSA) is 73.1 Å². The summed E-state index contributed by atoms with van der Waals surface area (Å²) in [5.74, 6) is 0. The number of aromatic nitrogens is 1. The summed E-state index contributed by atoms with van der Waals surface area (Å²) in [5, 5.41) is 7.59. The van der Waals surface area contributed by atoms with Gasteiger partial charge >= 0.3 is 0 Å². The molecule has 2 heterocycles. The Morgan fingerprint density at radius 3 is 2.56 bits per heavy atom. The van der Waals surface area contributed by atoms with Gasteiger partial charge in [0.2, 0.25) is 10.0 Å². The van der Waals surface area contributed by atoms with Crippen molar-refractivity contribution < 1.29 is 8.42 Å². The van der Waals surface area contributed by atoms with E-state index in [4.69, 9.17) is 5.14 Å². The van der Waals surface area contributed by atoms with Crippen molar-refractivity contribution in [3.63, 3.8) is 0 Å². The molecule has 0 spiro atoms. The summed E-state index contributed by atoms with van der Waals surface area (Å²) < 4.78 is 22.9. The summed E-state index contributed by atoms with van der Waals surface area (Å²) in [7, 11) is -3.71. The summed E-state index contributed by atoms with van der Waals surface area (Å²) in [6, 6.07) is 8.78. The van der Waals surface area contributed by atoms with E-state index in [1.165, 1.54) is 6.07 Å². The van der Waals surface area contributed by atoms with Gasteiger partial charge in [-0.2, -0.15) is 0 Å². The Morgan fingerprint density at radius 2 is 1.94 bits per heavy atom. The molecule has 16 heavy (non-hydrogen) atoms. The van der Waals surface area contributed by atoms with Crippen molar-refractivity contribution >= 4 is 31.7 Å². The second-order valence-electron chi connectivity index (χ2n) is 3.66. The fourth-order valence-electron chi connectivity index (χ4n) is 1.97. The molecule has 0 amide bonds.